The predicted octanol–water partition coefficient (Wildman–Crippen LogP) is 15.0. The zero-order valence-corrected chi connectivity index (χ0v) is 34.2. The van der Waals surface area contributed by atoms with Crippen LogP contribution in [-0.4, -0.2) is 20.7 Å². The van der Waals surface area contributed by atoms with E-state index in [1.54, 1.807) is 0 Å². The zero-order chi connectivity index (χ0) is 40.4. The molecule has 0 fully saturated rings. The Morgan fingerprint density at radius 1 is 0.508 bits per heavy atom. The Labute approximate surface area is 355 Å². The standard InChI is InChI=1S/C57H44N4/c1-58(40-19-6-2-3-7-20-40)50-29-15-12-25-44(50)39-33-35-54-49(37-39)46-27-14-16-31-51(46)60(54)42-23-18-24-43(38-42)61-52-32-17-13-26-45(52)47-34-36-55-56(57(47)61)48-28-10-5-11-30-53(48)59(55)41-21-8-4-9-22-41/h2,4,6,8-19,21-38H,3,5,7,20H2,1H3. The Hall–Kier alpha value is -7.56. The van der Waals surface area contributed by atoms with Crippen LogP contribution in [0.25, 0.3) is 94.9 Å². The number of anilines is 1. The fourth-order valence-corrected chi connectivity index (χ4v) is 10.2. The molecule has 0 unspecified atom stereocenters. The van der Waals surface area contributed by atoms with E-state index < -0.39 is 0 Å². The number of benzene rings is 7. The molecule has 3 heterocycles. The first-order valence-corrected chi connectivity index (χ1v) is 21.5. The van der Waals surface area contributed by atoms with E-state index in [-0.39, 0.29) is 0 Å². The van der Waals surface area contributed by atoms with E-state index in [0.717, 1.165) is 36.3 Å². The number of hydrogen-bond acceptors (Lipinski definition) is 1. The maximum atomic E-state index is 2.51. The lowest BCUT2D eigenvalue weighted by Crippen LogP contribution is -2.17. The first-order valence-electron chi connectivity index (χ1n) is 21.5. The summed E-state index contributed by atoms with van der Waals surface area (Å²) in [7, 11) is 2.21. The fourth-order valence-electron chi connectivity index (χ4n) is 10.2. The van der Waals surface area contributed by atoms with Crippen LogP contribution in [0.1, 0.15) is 36.9 Å². The molecule has 0 aliphatic heterocycles. The molecular weight excluding hydrogens is 741 g/mol. The number of nitrogens with zero attached hydrogens (tertiary/aromatic N) is 4. The van der Waals surface area contributed by atoms with Crippen molar-refractivity contribution in [3.8, 4) is 28.2 Å². The van der Waals surface area contributed by atoms with Crippen LogP contribution in [0.15, 0.2) is 194 Å². The third-order valence-electron chi connectivity index (χ3n) is 12.9. The van der Waals surface area contributed by atoms with Gasteiger partial charge in [0, 0.05) is 73.6 Å². The summed E-state index contributed by atoms with van der Waals surface area (Å²) in [5, 5.41) is 6.26. The Morgan fingerprint density at radius 2 is 1.20 bits per heavy atom. The van der Waals surface area contributed by atoms with E-state index in [9.17, 15) is 0 Å². The molecule has 0 spiro atoms. The van der Waals surface area contributed by atoms with Crippen LogP contribution in [-0.2, 0) is 0 Å². The van der Waals surface area contributed by atoms with Gasteiger partial charge >= 0.3 is 0 Å². The number of fused-ring (bicyclic) bond motifs is 10. The summed E-state index contributed by atoms with van der Waals surface area (Å²) in [5.74, 6) is 0. The molecule has 0 N–H and O–H groups in total. The first kappa shape index (κ1) is 35.4. The Morgan fingerprint density at radius 3 is 2.07 bits per heavy atom. The molecular formula is C57H44N4. The van der Waals surface area contributed by atoms with Gasteiger partial charge in [-0.1, -0.05) is 121 Å². The SMILES string of the molecule is CN(C1=CC=CCCC1)c1ccccc1-c1ccc2c(c1)c1ccccc1n2-c1cccc(-n2c3ccccc3c3ccc4c(c5c(n4-c4ccccc4)C=CCC=C5)c32)c1. The normalized spacial score (nSPS) is 14.0. The van der Waals surface area contributed by atoms with Crippen molar-refractivity contribution in [1.82, 2.24) is 13.7 Å². The van der Waals surface area contributed by atoms with E-state index in [1.165, 1.54) is 94.7 Å². The third-order valence-corrected chi connectivity index (χ3v) is 12.9. The molecule has 7 aromatic carbocycles. The molecule has 3 aromatic heterocycles. The van der Waals surface area contributed by atoms with Crippen molar-refractivity contribution >= 4 is 72.4 Å². The van der Waals surface area contributed by atoms with E-state index in [2.05, 4.69) is 226 Å². The molecule has 10 aromatic rings. The average Bonchev–Trinajstić information content (AvgIpc) is 3.72. The molecule has 12 rings (SSSR count). The van der Waals surface area contributed by atoms with E-state index in [0.29, 0.717) is 0 Å². The second-order valence-corrected chi connectivity index (χ2v) is 16.4. The van der Waals surface area contributed by atoms with Crippen molar-refractivity contribution in [3.05, 3.63) is 205 Å². The second-order valence-electron chi connectivity index (χ2n) is 16.4. The Bertz CT molecular complexity index is 3490. The number of hydrogen-bond donors (Lipinski definition) is 0. The zero-order valence-electron chi connectivity index (χ0n) is 34.2. The van der Waals surface area contributed by atoms with Gasteiger partial charge in [0.15, 0.2) is 0 Å². The van der Waals surface area contributed by atoms with Crippen LogP contribution in [0, 0.1) is 0 Å². The molecule has 0 bridgehead atoms. The topological polar surface area (TPSA) is 18.0 Å². The van der Waals surface area contributed by atoms with Gasteiger partial charge in [0.1, 0.15) is 0 Å². The van der Waals surface area contributed by atoms with Gasteiger partial charge in [0.2, 0.25) is 0 Å². The molecule has 292 valence electrons. The van der Waals surface area contributed by atoms with E-state index in [4.69, 9.17) is 0 Å². The summed E-state index contributed by atoms with van der Waals surface area (Å²) in [5.41, 5.74) is 16.9. The molecule has 0 saturated carbocycles. The van der Waals surface area contributed by atoms with Gasteiger partial charge in [-0.3, -0.25) is 0 Å². The third kappa shape index (κ3) is 5.59. The highest BCUT2D eigenvalue weighted by Crippen LogP contribution is 2.44. The summed E-state index contributed by atoms with van der Waals surface area (Å²) in [6.45, 7) is 0. The number of allylic oxidation sites excluding steroid dienone is 6. The second kappa shape index (κ2) is 14.3. The van der Waals surface area contributed by atoms with Gasteiger partial charge in [-0.05, 0) is 110 Å². The minimum Gasteiger partial charge on any atom is -0.348 e. The van der Waals surface area contributed by atoms with Gasteiger partial charge < -0.3 is 18.6 Å². The van der Waals surface area contributed by atoms with Crippen molar-refractivity contribution in [3.63, 3.8) is 0 Å². The number of rotatable bonds is 6. The lowest BCUT2D eigenvalue weighted by atomic mass is 10.00. The predicted molar refractivity (Wildman–Crippen MR) is 260 cm³/mol. The maximum absolute atomic E-state index is 2.51. The summed E-state index contributed by atoms with van der Waals surface area (Å²) in [6.07, 6.45) is 20.3. The molecule has 0 amide bonds. The molecule has 61 heavy (non-hydrogen) atoms. The minimum absolute atomic E-state index is 0.909. The van der Waals surface area contributed by atoms with Crippen LogP contribution in [0.4, 0.5) is 5.69 Å². The monoisotopic (exact) mass is 784 g/mol. The van der Waals surface area contributed by atoms with Crippen molar-refractivity contribution in [2.75, 3.05) is 11.9 Å². The fraction of sp³-hybridized carbons (Fsp3) is 0.0877. The van der Waals surface area contributed by atoms with Gasteiger partial charge in [-0.15, -0.1) is 0 Å². The van der Waals surface area contributed by atoms with Gasteiger partial charge in [-0.2, -0.15) is 0 Å². The van der Waals surface area contributed by atoms with Gasteiger partial charge in [0.25, 0.3) is 0 Å². The Kier molecular flexibility index (Phi) is 8.31. The minimum atomic E-state index is 0.909. The summed E-state index contributed by atoms with van der Waals surface area (Å²) < 4.78 is 7.39. The highest BCUT2D eigenvalue weighted by atomic mass is 15.1. The van der Waals surface area contributed by atoms with E-state index >= 15 is 0 Å². The van der Waals surface area contributed by atoms with E-state index in [1.807, 2.05) is 0 Å². The number of aromatic nitrogens is 3. The molecule has 0 radical (unpaired) electrons. The van der Waals surface area contributed by atoms with Crippen LogP contribution < -0.4 is 4.90 Å². The van der Waals surface area contributed by atoms with Crippen molar-refractivity contribution < 1.29 is 0 Å². The van der Waals surface area contributed by atoms with Crippen molar-refractivity contribution in [1.29, 1.82) is 0 Å². The molecule has 0 atom stereocenters. The van der Waals surface area contributed by atoms with Gasteiger partial charge in [0.05, 0.1) is 33.3 Å². The lowest BCUT2D eigenvalue weighted by molar-refractivity contribution is 0.813. The van der Waals surface area contributed by atoms with Crippen molar-refractivity contribution in [2.24, 2.45) is 0 Å². The van der Waals surface area contributed by atoms with Crippen LogP contribution in [0.2, 0.25) is 0 Å². The summed E-state index contributed by atoms with van der Waals surface area (Å²) in [6, 6.07) is 58.2. The summed E-state index contributed by atoms with van der Waals surface area (Å²) >= 11 is 0. The van der Waals surface area contributed by atoms with Crippen LogP contribution in [0.5, 0.6) is 0 Å². The maximum Gasteiger partial charge on any atom is 0.0641 e. The quantitative estimate of drug-likeness (QED) is 0.164. The first-order chi connectivity index (χ1) is 30.2. The number of para-hydroxylation sites is 4. The van der Waals surface area contributed by atoms with Gasteiger partial charge in [-0.25, -0.2) is 0 Å². The molecule has 4 heteroatoms. The van der Waals surface area contributed by atoms with Crippen LogP contribution in [0.3, 0.4) is 0 Å². The molecule has 4 nitrogen and oxygen atoms in total. The van der Waals surface area contributed by atoms with Crippen LogP contribution >= 0.6 is 0 Å². The largest absolute Gasteiger partial charge is 0.348 e. The summed E-state index contributed by atoms with van der Waals surface area (Å²) in [4.78, 5) is 2.38. The smallest absolute Gasteiger partial charge is 0.0641 e. The molecule has 2 aliphatic rings. The molecule has 0 saturated heterocycles. The van der Waals surface area contributed by atoms with Crippen molar-refractivity contribution in [2.45, 2.75) is 25.7 Å². The Balaban J connectivity index is 1.06. The average molecular weight is 785 g/mol. The highest BCUT2D eigenvalue weighted by molar-refractivity contribution is 6.21. The lowest BCUT2D eigenvalue weighted by Gasteiger charge is -2.25. The highest BCUT2D eigenvalue weighted by Gasteiger charge is 2.24. The molecule has 2 aliphatic carbocycles.